The summed E-state index contributed by atoms with van der Waals surface area (Å²) < 4.78 is 1.18. The fourth-order valence-corrected chi connectivity index (χ4v) is 3.67. The molecule has 0 bridgehead atoms. The summed E-state index contributed by atoms with van der Waals surface area (Å²) in [5, 5.41) is 2.66. The summed E-state index contributed by atoms with van der Waals surface area (Å²) in [5.74, 6) is 0. The van der Waals surface area contributed by atoms with Crippen molar-refractivity contribution in [1.29, 1.82) is 0 Å². The Hall–Kier alpha value is -0.340. The Morgan fingerprint density at radius 3 is 2.42 bits per heavy atom. The predicted molar refractivity (Wildman–Crippen MR) is 92.1 cm³/mol. The third kappa shape index (κ3) is 3.82. The normalized spacial score (nSPS) is 12.8. The summed E-state index contributed by atoms with van der Waals surface area (Å²) >= 11 is 7.51. The summed E-state index contributed by atoms with van der Waals surface area (Å²) in [5.41, 5.74) is 1.41. The van der Waals surface area contributed by atoms with E-state index in [4.69, 9.17) is 0 Å². The van der Waals surface area contributed by atoms with Crippen molar-refractivity contribution in [2.75, 3.05) is 0 Å². The maximum absolute atomic E-state index is 3.87. The summed E-state index contributed by atoms with van der Waals surface area (Å²) in [6.45, 7) is 2.26. The first-order chi connectivity index (χ1) is 9.24. The van der Waals surface area contributed by atoms with Gasteiger partial charge >= 0.3 is 0 Å². The number of fused-ring (bicyclic) bond motifs is 1. The summed E-state index contributed by atoms with van der Waals surface area (Å²) in [6, 6.07) is 13.0. The van der Waals surface area contributed by atoms with Crippen LogP contribution in [-0.2, 0) is 0 Å². The quantitative estimate of drug-likeness (QED) is 0.371. The zero-order valence-electron chi connectivity index (χ0n) is 11.3. The number of hydrogen-bond acceptors (Lipinski definition) is 0. The topological polar surface area (TPSA) is 0 Å². The van der Waals surface area contributed by atoms with E-state index in [0.29, 0.717) is 4.83 Å². The fraction of sp³-hybridized carbons (Fsp3) is 0.412. The molecular weight excluding hydrogens is 364 g/mol. The first kappa shape index (κ1) is 15.1. The molecule has 0 aliphatic rings. The monoisotopic (exact) mass is 382 g/mol. The lowest BCUT2D eigenvalue weighted by molar-refractivity contribution is 0.631. The lowest BCUT2D eigenvalue weighted by atomic mass is 9.99. The third-order valence-electron chi connectivity index (χ3n) is 3.55. The van der Waals surface area contributed by atoms with Gasteiger partial charge in [-0.05, 0) is 28.8 Å². The molecule has 19 heavy (non-hydrogen) atoms. The van der Waals surface area contributed by atoms with Crippen molar-refractivity contribution < 1.29 is 0 Å². The van der Waals surface area contributed by atoms with E-state index in [1.807, 2.05) is 0 Å². The zero-order chi connectivity index (χ0) is 13.7. The highest BCUT2D eigenvalue weighted by atomic mass is 79.9. The van der Waals surface area contributed by atoms with E-state index in [1.54, 1.807) is 0 Å². The summed E-state index contributed by atoms with van der Waals surface area (Å²) in [4.78, 5) is 0.461. The second kappa shape index (κ2) is 7.44. The summed E-state index contributed by atoms with van der Waals surface area (Å²) in [6.07, 6.45) is 6.50. The van der Waals surface area contributed by atoms with Crippen LogP contribution in [0.1, 0.15) is 49.4 Å². The molecule has 2 aromatic rings. The van der Waals surface area contributed by atoms with Crippen LogP contribution in [0.2, 0.25) is 0 Å². The molecule has 0 aliphatic carbocycles. The Morgan fingerprint density at radius 1 is 0.947 bits per heavy atom. The van der Waals surface area contributed by atoms with Gasteiger partial charge in [0, 0.05) is 9.30 Å². The van der Waals surface area contributed by atoms with E-state index in [9.17, 15) is 0 Å². The van der Waals surface area contributed by atoms with Gasteiger partial charge in [0.1, 0.15) is 0 Å². The van der Waals surface area contributed by atoms with Gasteiger partial charge < -0.3 is 0 Å². The van der Waals surface area contributed by atoms with Crippen LogP contribution in [0.3, 0.4) is 0 Å². The molecule has 0 nitrogen and oxygen atoms in total. The van der Waals surface area contributed by atoms with Gasteiger partial charge in [-0.25, -0.2) is 0 Å². The minimum Gasteiger partial charge on any atom is -0.0839 e. The Labute approximate surface area is 132 Å². The predicted octanol–water partition coefficient (Wildman–Crippen LogP) is 7.01. The molecule has 0 saturated heterocycles. The van der Waals surface area contributed by atoms with E-state index < -0.39 is 0 Å². The van der Waals surface area contributed by atoms with Crippen LogP contribution in [0.4, 0.5) is 0 Å². The van der Waals surface area contributed by atoms with E-state index >= 15 is 0 Å². The molecule has 0 aliphatic heterocycles. The minimum absolute atomic E-state index is 0.461. The first-order valence-corrected chi connectivity index (χ1v) is 8.76. The summed E-state index contributed by atoms with van der Waals surface area (Å²) in [7, 11) is 0. The Bertz CT molecular complexity index is 534. The Kier molecular flexibility index (Phi) is 5.90. The van der Waals surface area contributed by atoms with E-state index in [1.165, 1.54) is 52.9 Å². The molecule has 2 aromatic carbocycles. The van der Waals surface area contributed by atoms with Crippen LogP contribution < -0.4 is 0 Å². The number of unbranched alkanes of at least 4 members (excludes halogenated alkanes) is 3. The van der Waals surface area contributed by atoms with Crippen LogP contribution in [0.25, 0.3) is 10.8 Å². The van der Waals surface area contributed by atoms with Crippen LogP contribution in [0.15, 0.2) is 40.9 Å². The second-order valence-electron chi connectivity index (χ2n) is 5.00. The molecule has 0 fully saturated rings. The molecule has 0 saturated carbocycles. The van der Waals surface area contributed by atoms with E-state index in [-0.39, 0.29) is 0 Å². The lowest BCUT2D eigenvalue weighted by Crippen LogP contribution is -1.92. The molecular formula is C17H20Br2. The maximum atomic E-state index is 3.87. The Morgan fingerprint density at radius 2 is 1.68 bits per heavy atom. The standard InChI is InChI=1S/C17H20Br2/c1-2-3-4-5-10-16(18)15-11-12-17(19)14-9-7-6-8-13(14)15/h6-9,11-12,16H,2-5,10H2,1H3. The largest absolute Gasteiger partial charge is 0.0839 e. The van der Waals surface area contributed by atoms with Crippen LogP contribution in [-0.4, -0.2) is 0 Å². The van der Waals surface area contributed by atoms with Gasteiger partial charge in [-0.3, -0.25) is 0 Å². The minimum atomic E-state index is 0.461. The van der Waals surface area contributed by atoms with Crippen molar-refractivity contribution in [1.82, 2.24) is 0 Å². The van der Waals surface area contributed by atoms with Gasteiger partial charge in [0.05, 0.1) is 0 Å². The number of rotatable bonds is 6. The van der Waals surface area contributed by atoms with Gasteiger partial charge in [-0.1, -0.05) is 94.8 Å². The van der Waals surface area contributed by atoms with Crippen LogP contribution in [0, 0.1) is 0 Å². The van der Waals surface area contributed by atoms with Crippen LogP contribution in [0.5, 0.6) is 0 Å². The molecule has 1 unspecified atom stereocenters. The first-order valence-electron chi connectivity index (χ1n) is 7.05. The lowest BCUT2D eigenvalue weighted by Gasteiger charge is -2.14. The van der Waals surface area contributed by atoms with Crippen molar-refractivity contribution in [3.8, 4) is 0 Å². The molecule has 0 aromatic heterocycles. The highest BCUT2D eigenvalue weighted by molar-refractivity contribution is 9.10. The van der Waals surface area contributed by atoms with Crippen LogP contribution >= 0.6 is 31.9 Å². The molecule has 0 radical (unpaired) electrons. The number of hydrogen-bond donors (Lipinski definition) is 0. The van der Waals surface area contributed by atoms with Crippen molar-refractivity contribution in [2.45, 2.75) is 43.9 Å². The molecule has 0 amide bonds. The molecule has 1 atom stereocenters. The van der Waals surface area contributed by atoms with Gasteiger partial charge in [0.2, 0.25) is 0 Å². The zero-order valence-corrected chi connectivity index (χ0v) is 14.5. The smallest absolute Gasteiger partial charge is 0.0401 e. The van der Waals surface area contributed by atoms with E-state index in [0.717, 1.165) is 0 Å². The number of alkyl halides is 1. The molecule has 0 spiro atoms. The number of halogens is 2. The van der Waals surface area contributed by atoms with Gasteiger partial charge in [-0.15, -0.1) is 0 Å². The van der Waals surface area contributed by atoms with Crippen molar-refractivity contribution >= 4 is 42.6 Å². The Balaban J connectivity index is 2.18. The van der Waals surface area contributed by atoms with Gasteiger partial charge in [-0.2, -0.15) is 0 Å². The number of benzene rings is 2. The van der Waals surface area contributed by atoms with Crippen molar-refractivity contribution in [3.63, 3.8) is 0 Å². The fourth-order valence-electron chi connectivity index (χ4n) is 2.46. The highest BCUT2D eigenvalue weighted by Gasteiger charge is 2.11. The average Bonchev–Trinajstić information content (AvgIpc) is 2.44. The van der Waals surface area contributed by atoms with E-state index in [2.05, 4.69) is 75.2 Å². The van der Waals surface area contributed by atoms with Gasteiger partial charge in [0.15, 0.2) is 0 Å². The third-order valence-corrected chi connectivity index (χ3v) is 5.20. The molecule has 0 N–H and O–H groups in total. The van der Waals surface area contributed by atoms with Gasteiger partial charge in [0.25, 0.3) is 0 Å². The van der Waals surface area contributed by atoms with Crippen molar-refractivity contribution in [2.24, 2.45) is 0 Å². The highest BCUT2D eigenvalue weighted by Crippen LogP contribution is 2.36. The second-order valence-corrected chi connectivity index (χ2v) is 6.96. The molecule has 2 heteroatoms. The SMILES string of the molecule is CCCCCCC(Br)c1ccc(Br)c2ccccc12. The maximum Gasteiger partial charge on any atom is 0.0401 e. The molecule has 102 valence electrons. The average molecular weight is 384 g/mol. The molecule has 2 rings (SSSR count). The molecule has 0 heterocycles. The van der Waals surface area contributed by atoms with Crippen molar-refractivity contribution in [3.05, 3.63) is 46.4 Å².